The summed E-state index contributed by atoms with van der Waals surface area (Å²) in [6.07, 6.45) is -0.629. The molecule has 0 aromatic carbocycles. The SMILES string of the molecule is COC[C@@]1(C)C(=O)N2CCCc3nc(N[C@H]4C[C@@H](Oc5ccc(C(F)(F)F)nc5)C4)nc(c32)N1C. The van der Waals surface area contributed by atoms with Gasteiger partial charge in [0.2, 0.25) is 5.95 Å². The highest BCUT2D eigenvalue weighted by Crippen LogP contribution is 2.43. The van der Waals surface area contributed by atoms with Gasteiger partial charge in [-0.1, -0.05) is 0 Å². The molecule has 1 amide bonds. The number of anilines is 3. The zero-order chi connectivity index (χ0) is 25.0. The Morgan fingerprint density at radius 3 is 2.69 bits per heavy atom. The van der Waals surface area contributed by atoms with Gasteiger partial charge < -0.3 is 24.6 Å². The Hall–Kier alpha value is -3.15. The number of alkyl halides is 3. The van der Waals surface area contributed by atoms with E-state index in [1.165, 1.54) is 6.07 Å². The van der Waals surface area contributed by atoms with Crippen LogP contribution in [0.15, 0.2) is 18.3 Å². The predicted octanol–water partition coefficient (Wildman–Crippen LogP) is 3.05. The Morgan fingerprint density at radius 2 is 2.03 bits per heavy atom. The number of aromatic nitrogens is 3. The normalized spacial score (nSPS) is 25.7. The maximum absolute atomic E-state index is 13.3. The van der Waals surface area contributed by atoms with Crippen molar-refractivity contribution in [3.63, 3.8) is 0 Å². The second-order valence-electron chi connectivity index (χ2n) is 9.42. The van der Waals surface area contributed by atoms with E-state index < -0.39 is 17.4 Å². The lowest BCUT2D eigenvalue weighted by atomic mass is 9.89. The lowest BCUT2D eigenvalue weighted by Gasteiger charge is -2.48. The Balaban J connectivity index is 1.27. The number of ether oxygens (including phenoxy) is 2. The molecule has 3 aliphatic rings. The lowest BCUT2D eigenvalue weighted by Crippen LogP contribution is -2.64. The van der Waals surface area contributed by atoms with Crippen molar-refractivity contribution in [2.75, 3.05) is 42.4 Å². The minimum atomic E-state index is -4.47. The van der Waals surface area contributed by atoms with Gasteiger partial charge in [-0.05, 0) is 31.9 Å². The number of carbonyl (C=O) groups excluding carboxylic acids is 1. The van der Waals surface area contributed by atoms with Crippen LogP contribution >= 0.6 is 0 Å². The second kappa shape index (κ2) is 8.51. The Labute approximate surface area is 200 Å². The predicted molar refractivity (Wildman–Crippen MR) is 122 cm³/mol. The van der Waals surface area contributed by atoms with Crippen LogP contribution < -0.4 is 19.9 Å². The summed E-state index contributed by atoms with van der Waals surface area (Å²) < 4.78 is 49.1. The molecule has 0 radical (unpaired) electrons. The van der Waals surface area contributed by atoms with Crippen molar-refractivity contribution in [3.05, 3.63) is 29.7 Å². The number of methoxy groups -OCH3 is 1. The molecule has 2 aromatic rings. The maximum Gasteiger partial charge on any atom is 0.433 e. The first kappa shape index (κ1) is 23.6. The summed E-state index contributed by atoms with van der Waals surface area (Å²) in [7, 11) is 3.42. The van der Waals surface area contributed by atoms with Gasteiger partial charge in [0.15, 0.2) is 5.82 Å². The third-order valence-corrected chi connectivity index (χ3v) is 6.95. The van der Waals surface area contributed by atoms with Gasteiger partial charge in [-0.15, -0.1) is 0 Å². The molecule has 1 fully saturated rings. The first-order valence-electron chi connectivity index (χ1n) is 11.5. The summed E-state index contributed by atoms with van der Waals surface area (Å²) >= 11 is 0. The number of halogens is 3. The molecule has 0 unspecified atom stereocenters. The summed E-state index contributed by atoms with van der Waals surface area (Å²) in [5.41, 5.74) is -0.204. The van der Waals surface area contributed by atoms with Gasteiger partial charge >= 0.3 is 6.18 Å². The first-order valence-corrected chi connectivity index (χ1v) is 11.5. The number of amides is 1. The van der Waals surface area contributed by atoms with E-state index in [1.54, 1.807) is 12.0 Å². The fraction of sp³-hybridized carbons (Fsp3) is 0.565. The molecule has 1 aliphatic carbocycles. The van der Waals surface area contributed by atoms with Crippen LogP contribution in [0.1, 0.15) is 37.6 Å². The van der Waals surface area contributed by atoms with Crippen LogP contribution in [0.2, 0.25) is 0 Å². The molecule has 1 saturated carbocycles. The van der Waals surface area contributed by atoms with Crippen molar-refractivity contribution in [1.82, 2.24) is 15.0 Å². The fourth-order valence-electron chi connectivity index (χ4n) is 4.84. The summed E-state index contributed by atoms with van der Waals surface area (Å²) in [6.45, 7) is 2.72. The van der Waals surface area contributed by atoms with E-state index in [-0.39, 0.29) is 24.7 Å². The van der Waals surface area contributed by atoms with E-state index in [1.807, 2.05) is 18.9 Å². The number of aryl methyl sites for hydroxylation is 1. The molecule has 2 aliphatic heterocycles. The zero-order valence-electron chi connectivity index (χ0n) is 19.7. The average molecular weight is 493 g/mol. The van der Waals surface area contributed by atoms with Crippen LogP contribution in [0.25, 0.3) is 0 Å². The van der Waals surface area contributed by atoms with E-state index >= 15 is 0 Å². The van der Waals surface area contributed by atoms with Gasteiger partial charge in [-0.25, -0.2) is 9.97 Å². The number of pyridine rings is 1. The molecule has 188 valence electrons. The van der Waals surface area contributed by atoms with Crippen LogP contribution in [0.4, 0.5) is 30.6 Å². The molecule has 0 spiro atoms. The third kappa shape index (κ3) is 4.13. The van der Waals surface area contributed by atoms with Crippen LogP contribution in [-0.2, 0) is 22.1 Å². The molecule has 5 rings (SSSR count). The van der Waals surface area contributed by atoms with Gasteiger partial charge in [0.25, 0.3) is 5.91 Å². The van der Waals surface area contributed by atoms with Gasteiger partial charge in [0, 0.05) is 39.6 Å². The van der Waals surface area contributed by atoms with Crippen molar-refractivity contribution < 1.29 is 27.4 Å². The molecule has 0 bridgehead atoms. The van der Waals surface area contributed by atoms with Gasteiger partial charge in [-0.3, -0.25) is 4.79 Å². The van der Waals surface area contributed by atoms with Crippen molar-refractivity contribution in [1.29, 1.82) is 0 Å². The van der Waals surface area contributed by atoms with E-state index in [9.17, 15) is 18.0 Å². The molecule has 0 saturated heterocycles. The zero-order valence-corrected chi connectivity index (χ0v) is 19.7. The second-order valence-corrected chi connectivity index (χ2v) is 9.42. The van der Waals surface area contributed by atoms with Crippen molar-refractivity contribution in [2.45, 2.75) is 56.5 Å². The van der Waals surface area contributed by atoms with Gasteiger partial charge in [0.05, 0.1) is 18.5 Å². The quantitative estimate of drug-likeness (QED) is 0.658. The summed E-state index contributed by atoms with van der Waals surface area (Å²) in [6, 6.07) is 2.26. The number of likely N-dealkylation sites (N-methyl/N-ethyl adjacent to an activating group) is 1. The Morgan fingerprint density at radius 1 is 1.26 bits per heavy atom. The van der Waals surface area contributed by atoms with Crippen molar-refractivity contribution >= 4 is 23.4 Å². The molecule has 1 atom stereocenters. The third-order valence-electron chi connectivity index (χ3n) is 6.95. The molecule has 9 nitrogen and oxygen atoms in total. The molecule has 4 heterocycles. The Bertz CT molecular complexity index is 1120. The molecule has 1 N–H and O–H groups in total. The largest absolute Gasteiger partial charge is 0.489 e. The van der Waals surface area contributed by atoms with Crippen LogP contribution in [0.3, 0.4) is 0 Å². The number of nitrogens with one attached hydrogen (secondary N) is 1. The Kier molecular flexibility index (Phi) is 5.73. The summed E-state index contributed by atoms with van der Waals surface area (Å²) in [5, 5.41) is 3.35. The van der Waals surface area contributed by atoms with E-state index in [4.69, 9.17) is 19.4 Å². The highest BCUT2D eigenvalue weighted by molar-refractivity contribution is 6.08. The number of nitrogens with zero attached hydrogens (tertiary/aromatic N) is 5. The van der Waals surface area contributed by atoms with Crippen molar-refractivity contribution in [3.8, 4) is 5.75 Å². The van der Waals surface area contributed by atoms with Gasteiger partial charge in [-0.2, -0.15) is 18.2 Å². The minimum absolute atomic E-state index is 0.0173. The average Bonchev–Trinajstić information content (AvgIpc) is 2.79. The minimum Gasteiger partial charge on any atom is -0.489 e. The summed E-state index contributed by atoms with van der Waals surface area (Å²) in [5.74, 6) is 1.47. The number of hydrogen-bond acceptors (Lipinski definition) is 8. The smallest absolute Gasteiger partial charge is 0.433 e. The van der Waals surface area contributed by atoms with Crippen LogP contribution in [0.5, 0.6) is 5.75 Å². The van der Waals surface area contributed by atoms with Crippen molar-refractivity contribution in [2.24, 2.45) is 0 Å². The fourth-order valence-corrected chi connectivity index (χ4v) is 4.84. The maximum atomic E-state index is 13.3. The van der Waals surface area contributed by atoms with E-state index in [0.29, 0.717) is 36.9 Å². The monoisotopic (exact) mass is 492 g/mol. The van der Waals surface area contributed by atoms with Crippen LogP contribution in [0, 0.1) is 0 Å². The molecular weight excluding hydrogens is 465 g/mol. The lowest BCUT2D eigenvalue weighted by molar-refractivity contribution is -0.141. The first-order chi connectivity index (χ1) is 16.6. The number of rotatable bonds is 6. The standard InChI is InChI=1S/C23H27F3N6O3/c1-22(12-34-3)20(33)32-8-4-5-16-18(32)19(31(22)2)30-21(29-16)28-13-9-15(10-13)35-14-6-7-17(27-11-14)23(24,25)26/h6-7,11,13,15H,4-5,8-10,12H2,1-3H3,(H,28,29,30)/t13-,15+,22-/m0/s1. The highest BCUT2D eigenvalue weighted by Gasteiger charge is 2.49. The number of hydrogen-bond donors (Lipinski definition) is 1. The van der Waals surface area contributed by atoms with E-state index in [2.05, 4.69) is 10.3 Å². The molecular formula is C23H27F3N6O3. The molecule has 2 aromatic heterocycles. The highest BCUT2D eigenvalue weighted by atomic mass is 19.4. The summed E-state index contributed by atoms with van der Waals surface area (Å²) in [4.78, 5) is 29.8. The number of carbonyl (C=O) groups is 1. The molecule has 12 heteroatoms. The van der Waals surface area contributed by atoms with Crippen LogP contribution in [-0.4, -0.2) is 65.9 Å². The van der Waals surface area contributed by atoms with Gasteiger partial charge in [0.1, 0.15) is 28.8 Å². The molecule has 35 heavy (non-hydrogen) atoms. The topological polar surface area (TPSA) is 92.7 Å². The van der Waals surface area contributed by atoms with E-state index in [0.717, 1.165) is 36.5 Å².